The van der Waals surface area contributed by atoms with Gasteiger partial charge in [-0.25, -0.2) is 0 Å². The van der Waals surface area contributed by atoms with Gasteiger partial charge in [0.1, 0.15) is 4.88 Å². The molecule has 2 heterocycles. The third-order valence-electron chi connectivity index (χ3n) is 3.60. The molecular formula is C13H21N3O2S. The molecule has 0 bridgehead atoms. The lowest BCUT2D eigenvalue weighted by molar-refractivity contribution is 0.0603. The molecule has 19 heavy (non-hydrogen) atoms. The molecule has 1 N–H and O–H groups in total. The first kappa shape index (κ1) is 14.4. The summed E-state index contributed by atoms with van der Waals surface area (Å²) in [6.45, 7) is 4.79. The van der Waals surface area contributed by atoms with Gasteiger partial charge in [0.15, 0.2) is 0 Å². The molecule has 0 aliphatic carbocycles. The molecule has 1 saturated heterocycles. The van der Waals surface area contributed by atoms with Gasteiger partial charge in [-0.2, -0.15) is 0 Å². The minimum absolute atomic E-state index is 0.0142. The first-order valence-electron chi connectivity index (χ1n) is 6.89. The van der Waals surface area contributed by atoms with E-state index in [1.165, 1.54) is 11.5 Å². The van der Waals surface area contributed by atoms with E-state index in [2.05, 4.69) is 9.59 Å². The van der Waals surface area contributed by atoms with Crippen LogP contribution in [0, 0.1) is 0 Å². The normalized spacial score (nSPS) is 20.6. The maximum absolute atomic E-state index is 12.7. The number of aliphatic hydroxyl groups excluding tert-OH is 1. The molecule has 1 unspecified atom stereocenters. The zero-order valence-electron chi connectivity index (χ0n) is 11.5. The van der Waals surface area contributed by atoms with Gasteiger partial charge in [0.2, 0.25) is 0 Å². The van der Waals surface area contributed by atoms with Crippen LogP contribution in [0.25, 0.3) is 0 Å². The van der Waals surface area contributed by atoms with Crippen LogP contribution in [-0.2, 0) is 0 Å². The summed E-state index contributed by atoms with van der Waals surface area (Å²) in [7, 11) is 0. The summed E-state index contributed by atoms with van der Waals surface area (Å²) in [6.07, 6.45) is 4.09. The van der Waals surface area contributed by atoms with Gasteiger partial charge in [-0.1, -0.05) is 31.2 Å². The Morgan fingerprint density at radius 1 is 1.47 bits per heavy atom. The van der Waals surface area contributed by atoms with Gasteiger partial charge < -0.3 is 10.0 Å². The summed E-state index contributed by atoms with van der Waals surface area (Å²) in [6, 6.07) is -0.0582. The van der Waals surface area contributed by atoms with E-state index in [1.807, 2.05) is 18.7 Å². The van der Waals surface area contributed by atoms with Gasteiger partial charge >= 0.3 is 0 Å². The largest absolute Gasteiger partial charge is 0.394 e. The van der Waals surface area contributed by atoms with Gasteiger partial charge in [0, 0.05) is 6.54 Å². The Balaban J connectivity index is 2.23. The number of nitrogens with zero attached hydrogens (tertiary/aromatic N) is 3. The van der Waals surface area contributed by atoms with E-state index >= 15 is 0 Å². The molecule has 0 radical (unpaired) electrons. The molecule has 106 valence electrons. The summed E-state index contributed by atoms with van der Waals surface area (Å²) < 4.78 is 3.92. The van der Waals surface area contributed by atoms with E-state index in [-0.39, 0.29) is 24.5 Å². The summed E-state index contributed by atoms with van der Waals surface area (Å²) in [5.41, 5.74) is 0.774. The molecule has 5 nitrogen and oxygen atoms in total. The van der Waals surface area contributed by atoms with Crippen molar-refractivity contribution in [2.75, 3.05) is 13.2 Å². The fourth-order valence-corrected chi connectivity index (χ4v) is 3.26. The Hall–Kier alpha value is -1.01. The monoisotopic (exact) mass is 283 g/mol. The summed E-state index contributed by atoms with van der Waals surface area (Å²) in [5, 5.41) is 13.6. The summed E-state index contributed by atoms with van der Waals surface area (Å²) >= 11 is 1.17. The third kappa shape index (κ3) is 3.12. The molecule has 1 atom stereocenters. The highest BCUT2D eigenvalue weighted by atomic mass is 32.1. The van der Waals surface area contributed by atoms with Gasteiger partial charge in [0.05, 0.1) is 18.3 Å². The fourth-order valence-electron chi connectivity index (χ4n) is 2.49. The van der Waals surface area contributed by atoms with E-state index < -0.39 is 0 Å². The second-order valence-electron chi connectivity index (χ2n) is 5.33. The SMILES string of the molecule is CC(C)c1nnsc1C(=O)N1CCCCCC1CO. The number of aromatic nitrogens is 2. The highest BCUT2D eigenvalue weighted by Gasteiger charge is 2.29. The average molecular weight is 283 g/mol. The molecule has 1 aliphatic rings. The predicted octanol–water partition coefficient (Wildman–Crippen LogP) is 2.04. The minimum atomic E-state index is -0.0582. The van der Waals surface area contributed by atoms with Crippen molar-refractivity contribution in [3.05, 3.63) is 10.6 Å². The van der Waals surface area contributed by atoms with Crippen molar-refractivity contribution in [2.24, 2.45) is 0 Å². The molecular weight excluding hydrogens is 262 g/mol. The molecule has 6 heteroatoms. The average Bonchev–Trinajstić information content (AvgIpc) is 2.76. The van der Waals surface area contributed by atoms with Crippen molar-refractivity contribution in [1.82, 2.24) is 14.5 Å². The zero-order valence-corrected chi connectivity index (χ0v) is 12.3. The molecule has 1 fully saturated rings. The Kier molecular flexibility index (Phi) is 4.87. The van der Waals surface area contributed by atoms with Crippen LogP contribution < -0.4 is 0 Å². The Bertz CT molecular complexity index is 433. The lowest BCUT2D eigenvalue weighted by Crippen LogP contribution is -2.42. The molecule has 2 rings (SSSR count). The van der Waals surface area contributed by atoms with E-state index in [4.69, 9.17) is 0 Å². The lowest BCUT2D eigenvalue weighted by atomic mass is 10.1. The van der Waals surface area contributed by atoms with E-state index in [1.54, 1.807) is 0 Å². The first-order chi connectivity index (χ1) is 9.15. The van der Waals surface area contributed by atoms with Crippen LogP contribution >= 0.6 is 11.5 Å². The van der Waals surface area contributed by atoms with Crippen LogP contribution in [0.2, 0.25) is 0 Å². The molecule has 1 amide bonds. The summed E-state index contributed by atoms with van der Waals surface area (Å²) in [5.74, 6) is 0.178. The van der Waals surface area contributed by atoms with Crippen LogP contribution in [0.5, 0.6) is 0 Å². The molecule has 0 saturated carbocycles. The number of amides is 1. The van der Waals surface area contributed by atoms with Crippen molar-refractivity contribution in [3.63, 3.8) is 0 Å². The Morgan fingerprint density at radius 3 is 2.95 bits per heavy atom. The predicted molar refractivity (Wildman–Crippen MR) is 74.4 cm³/mol. The van der Waals surface area contributed by atoms with Crippen molar-refractivity contribution in [1.29, 1.82) is 0 Å². The molecule has 0 spiro atoms. The van der Waals surface area contributed by atoms with Crippen molar-refractivity contribution >= 4 is 17.4 Å². The maximum atomic E-state index is 12.7. The van der Waals surface area contributed by atoms with Crippen LogP contribution in [-0.4, -0.2) is 44.7 Å². The first-order valence-corrected chi connectivity index (χ1v) is 7.66. The topological polar surface area (TPSA) is 66.3 Å². The van der Waals surface area contributed by atoms with Crippen molar-refractivity contribution in [2.45, 2.75) is 51.5 Å². The van der Waals surface area contributed by atoms with Crippen LogP contribution in [0.4, 0.5) is 0 Å². The van der Waals surface area contributed by atoms with Gasteiger partial charge in [0.25, 0.3) is 5.91 Å². The van der Waals surface area contributed by atoms with Crippen LogP contribution in [0.1, 0.15) is 60.8 Å². The fraction of sp³-hybridized carbons (Fsp3) is 0.769. The Labute approximate surface area is 117 Å². The third-order valence-corrected chi connectivity index (χ3v) is 4.33. The van der Waals surface area contributed by atoms with Crippen molar-refractivity contribution in [3.8, 4) is 0 Å². The minimum Gasteiger partial charge on any atom is -0.394 e. The maximum Gasteiger partial charge on any atom is 0.267 e. The van der Waals surface area contributed by atoms with Gasteiger partial charge in [-0.15, -0.1) is 5.10 Å². The number of hydrogen-bond donors (Lipinski definition) is 1. The highest BCUT2D eigenvalue weighted by molar-refractivity contribution is 7.08. The smallest absolute Gasteiger partial charge is 0.267 e. The molecule has 1 aromatic rings. The number of likely N-dealkylation sites (tertiary alicyclic amines) is 1. The van der Waals surface area contributed by atoms with Gasteiger partial charge in [-0.05, 0) is 30.3 Å². The summed E-state index contributed by atoms with van der Waals surface area (Å²) in [4.78, 5) is 15.1. The van der Waals surface area contributed by atoms with Crippen LogP contribution in [0.3, 0.4) is 0 Å². The lowest BCUT2D eigenvalue weighted by Gasteiger charge is -2.28. The molecule has 1 aromatic heterocycles. The number of rotatable bonds is 3. The van der Waals surface area contributed by atoms with E-state index in [9.17, 15) is 9.90 Å². The number of carbonyl (C=O) groups is 1. The molecule has 1 aliphatic heterocycles. The quantitative estimate of drug-likeness (QED) is 0.922. The van der Waals surface area contributed by atoms with E-state index in [0.717, 1.165) is 37.9 Å². The highest BCUT2D eigenvalue weighted by Crippen LogP contribution is 2.25. The molecule has 0 aromatic carbocycles. The number of aliphatic hydroxyl groups is 1. The van der Waals surface area contributed by atoms with E-state index in [0.29, 0.717) is 4.88 Å². The standard InChI is InChI=1S/C13H21N3O2S/c1-9(2)11-12(19-15-14-11)13(18)16-7-5-3-4-6-10(16)8-17/h9-10,17H,3-8H2,1-2H3. The van der Waals surface area contributed by atoms with Crippen LogP contribution in [0.15, 0.2) is 0 Å². The van der Waals surface area contributed by atoms with Crippen molar-refractivity contribution < 1.29 is 9.90 Å². The van der Waals surface area contributed by atoms with Gasteiger partial charge in [-0.3, -0.25) is 4.79 Å². The second kappa shape index (κ2) is 6.43. The number of hydrogen-bond acceptors (Lipinski definition) is 5. The zero-order chi connectivity index (χ0) is 13.8. The Morgan fingerprint density at radius 2 is 2.26 bits per heavy atom. The number of carbonyl (C=O) groups excluding carboxylic acids is 1. The second-order valence-corrected chi connectivity index (χ2v) is 6.08.